The molecule has 1 aromatic rings. The minimum Gasteiger partial charge on any atom is -0.469 e. The first-order valence-electron chi connectivity index (χ1n) is 6.61. The molecule has 19 heavy (non-hydrogen) atoms. The first kappa shape index (κ1) is 13.9. The van der Waals surface area contributed by atoms with Gasteiger partial charge in [0.05, 0.1) is 12.5 Å². The molecule has 0 saturated carbocycles. The van der Waals surface area contributed by atoms with Gasteiger partial charge in [0.1, 0.15) is 0 Å². The third-order valence-corrected chi connectivity index (χ3v) is 3.74. The van der Waals surface area contributed by atoms with Gasteiger partial charge in [0, 0.05) is 25.3 Å². The molecule has 0 radical (unpaired) electrons. The molecule has 1 aromatic carbocycles. The van der Waals surface area contributed by atoms with E-state index >= 15 is 0 Å². The molecular weight excluding hydrogens is 240 g/mol. The van der Waals surface area contributed by atoms with Crippen LogP contribution in [0.25, 0.3) is 0 Å². The lowest BCUT2D eigenvalue weighted by atomic mass is 9.90. The summed E-state index contributed by atoms with van der Waals surface area (Å²) >= 11 is 0. The molecule has 0 aromatic heterocycles. The minimum absolute atomic E-state index is 0.161. The van der Waals surface area contributed by atoms with Crippen molar-refractivity contribution >= 4 is 11.7 Å². The maximum Gasteiger partial charge on any atom is 0.312 e. The molecule has 0 fully saturated rings. The Labute approximate surface area is 114 Å². The lowest BCUT2D eigenvalue weighted by molar-refractivity contribution is -0.152. The molecule has 2 rings (SSSR count). The molecule has 0 spiro atoms. The normalized spacial score (nSPS) is 15.9. The Kier molecular flexibility index (Phi) is 3.80. The summed E-state index contributed by atoms with van der Waals surface area (Å²) in [5.74, 6) is -0.161. The maximum atomic E-state index is 11.7. The fourth-order valence-electron chi connectivity index (χ4n) is 2.73. The zero-order valence-electron chi connectivity index (χ0n) is 11.9. The summed E-state index contributed by atoms with van der Waals surface area (Å²) < 4.78 is 4.86. The Bertz CT molecular complexity index is 483. The molecule has 1 aliphatic rings. The number of ether oxygens (including phenoxy) is 1. The number of rotatable bonds is 3. The highest BCUT2D eigenvalue weighted by Crippen LogP contribution is 2.27. The Morgan fingerprint density at radius 1 is 1.47 bits per heavy atom. The first-order chi connectivity index (χ1) is 8.94. The first-order valence-corrected chi connectivity index (χ1v) is 6.61. The van der Waals surface area contributed by atoms with E-state index in [9.17, 15) is 4.79 Å². The van der Waals surface area contributed by atoms with E-state index in [1.807, 2.05) is 26.0 Å². The molecule has 104 valence electrons. The van der Waals surface area contributed by atoms with Crippen LogP contribution in [0.1, 0.15) is 25.0 Å². The van der Waals surface area contributed by atoms with Gasteiger partial charge in [-0.2, -0.15) is 0 Å². The van der Waals surface area contributed by atoms with Crippen molar-refractivity contribution in [1.82, 2.24) is 4.90 Å². The topological polar surface area (TPSA) is 55.6 Å². The van der Waals surface area contributed by atoms with E-state index in [0.717, 1.165) is 25.2 Å². The van der Waals surface area contributed by atoms with E-state index in [2.05, 4.69) is 11.0 Å². The number of benzene rings is 1. The largest absolute Gasteiger partial charge is 0.469 e. The second-order valence-electron chi connectivity index (χ2n) is 5.82. The van der Waals surface area contributed by atoms with Crippen molar-refractivity contribution in [1.29, 1.82) is 0 Å². The number of esters is 1. The van der Waals surface area contributed by atoms with Crippen molar-refractivity contribution in [3.8, 4) is 0 Å². The Morgan fingerprint density at radius 3 is 2.89 bits per heavy atom. The average molecular weight is 262 g/mol. The van der Waals surface area contributed by atoms with Crippen molar-refractivity contribution in [3.05, 3.63) is 29.3 Å². The predicted molar refractivity (Wildman–Crippen MR) is 75.6 cm³/mol. The van der Waals surface area contributed by atoms with Crippen LogP contribution < -0.4 is 5.73 Å². The van der Waals surface area contributed by atoms with Gasteiger partial charge in [0.2, 0.25) is 0 Å². The predicted octanol–water partition coefficient (Wildman–Crippen LogP) is 1.83. The van der Waals surface area contributed by atoms with Crippen LogP contribution in [0.5, 0.6) is 0 Å². The minimum atomic E-state index is -0.480. The number of nitrogens with two attached hydrogens (primary N) is 1. The van der Waals surface area contributed by atoms with E-state index in [4.69, 9.17) is 10.5 Å². The Hall–Kier alpha value is -1.55. The van der Waals surface area contributed by atoms with Crippen LogP contribution >= 0.6 is 0 Å². The Morgan fingerprint density at radius 2 is 2.21 bits per heavy atom. The summed E-state index contributed by atoms with van der Waals surface area (Å²) in [6.45, 7) is 6.33. The standard InChI is InChI=1S/C15H22N2O2/c1-15(2,14(18)19-3)10-17-8-7-12-11(9-17)5-4-6-13(12)16/h4-6H,7-10,16H2,1-3H3. The molecule has 0 unspecified atom stereocenters. The molecule has 0 amide bonds. The fraction of sp³-hybridized carbons (Fsp3) is 0.533. The third-order valence-electron chi connectivity index (χ3n) is 3.74. The van der Waals surface area contributed by atoms with Gasteiger partial charge in [-0.1, -0.05) is 12.1 Å². The molecule has 1 heterocycles. The van der Waals surface area contributed by atoms with Crippen molar-refractivity contribution in [3.63, 3.8) is 0 Å². The van der Waals surface area contributed by atoms with Gasteiger partial charge in [0.25, 0.3) is 0 Å². The van der Waals surface area contributed by atoms with Gasteiger partial charge < -0.3 is 10.5 Å². The number of carbonyl (C=O) groups is 1. The summed E-state index contributed by atoms with van der Waals surface area (Å²) in [5.41, 5.74) is 8.92. The van der Waals surface area contributed by atoms with E-state index in [1.54, 1.807) is 0 Å². The Balaban J connectivity index is 2.09. The van der Waals surface area contributed by atoms with Crippen molar-refractivity contribution < 1.29 is 9.53 Å². The number of carbonyl (C=O) groups excluding carboxylic acids is 1. The molecule has 0 bridgehead atoms. The van der Waals surface area contributed by atoms with E-state index in [1.165, 1.54) is 18.2 Å². The highest BCUT2D eigenvalue weighted by molar-refractivity contribution is 5.76. The zero-order chi connectivity index (χ0) is 14.0. The molecule has 2 N–H and O–H groups in total. The molecule has 0 saturated heterocycles. The maximum absolute atomic E-state index is 11.7. The number of nitrogens with zero attached hydrogens (tertiary/aromatic N) is 1. The van der Waals surface area contributed by atoms with Crippen LogP contribution in [0, 0.1) is 5.41 Å². The highest BCUT2D eigenvalue weighted by atomic mass is 16.5. The summed E-state index contributed by atoms with van der Waals surface area (Å²) in [5, 5.41) is 0. The average Bonchev–Trinajstić information content (AvgIpc) is 2.37. The smallest absolute Gasteiger partial charge is 0.312 e. The van der Waals surface area contributed by atoms with E-state index < -0.39 is 5.41 Å². The third kappa shape index (κ3) is 2.89. The van der Waals surface area contributed by atoms with Crippen molar-refractivity contribution in [2.24, 2.45) is 5.41 Å². The van der Waals surface area contributed by atoms with Gasteiger partial charge in [-0.25, -0.2) is 0 Å². The molecule has 1 aliphatic heterocycles. The van der Waals surface area contributed by atoms with Crippen LogP contribution in [-0.4, -0.2) is 31.1 Å². The number of hydrogen-bond acceptors (Lipinski definition) is 4. The summed E-state index contributed by atoms with van der Waals surface area (Å²) in [6.07, 6.45) is 0.944. The number of methoxy groups -OCH3 is 1. The monoisotopic (exact) mass is 262 g/mol. The van der Waals surface area contributed by atoms with Crippen LogP contribution in [0.2, 0.25) is 0 Å². The number of hydrogen-bond donors (Lipinski definition) is 1. The molecular formula is C15H22N2O2. The van der Waals surface area contributed by atoms with Crippen LogP contribution in [0.3, 0.4) is 0 Å². The lowest BCUT2D eigenvalue weighted by Crippen LogP contribution is -2.42. The second kappa shape index (κ2) is 5.21. The van der Waals surface area contributed by atoms with Gasteiger partial charge in [-0.05, 0) is 37.5 Å². The van der Waals surface area contributed by atoms with E-state index in [0.29, 0.717) is 6.54 Å². The summed E-state index contributed by atoms with van der Waals surface area (Å²) in [4.78, 5) is 14.0. The summed E-state index contributed by atoms with van der Waals surface area (Å²) in [7, 11) is 1.44. The molecule has 4 nitrogen and oxygen atoms in total. The van der Waals surface area contributed by atoms with Gasteiger partial charge in [0.15, 0.2) is 0 Å². The number of fused-ring (bicyclic) bond motifs is 1. The molecule has 0 aliphatic carbocycles. The van der Waals surface area contributed by atoms with Crippen LogP contribution in [-0.2, 0) is 22.5 Å². The van der Waals surface area contributed by atoms with Gasteiger partial charge in [-0.3, -0.25) is 9.69 Å². The number of nitrogen functional groups attached to an aromatic ring is 1. The van der Waals surface area contributed by atoms with Gasteiger partial charge in [-0.15, -0.1) is 0 Å². The highest BCUT2D eigenvalue weighted by Gasteiger charge is 2.32. The van der Waals surface area contributed by atoms with Crippen LogP contribution in [0.4, 0.5) is 5.69 Å². The quantitative estimate of drug-likeness (QED) is 0.667. The van der Waals surface area contributed by atoms with Gasteiger partial charge >= 0.3 is 5.97 Å². The molecule has 0 atom stereocenters. The number of anilines is 1. The second-order valence-corrected chi connectivity index (χ2v) is 5.82. The van der Waals surface area contributed by atoms with Crippen molar-refractivity contribution in [2.75, 3.05) is 25.9 Å². The summed E-state index contributed by atoms with van der Waals surface area (Å²) in [6, 6.07) is 6.05. The zero-order valence-corrected chi connectivity index (χ0v) is 11.9. The fourth-order valence-corrected chi connectivity index (χ4v) is 2.73. The molecule has 4 heteroatoms. The lowest BCUT2D eigenvalue weighted by Gasteiger charge is -2.34. The van der Waals surface area contributed by atoms with E-state index in [-0.39, 0.29) is 5.97 Å². The van der Waals surface area contributed by atoms with Crippen LogP contribution in [0.15, 0.2) is 18.2 Å². The van der Waals surface area contributed by atoms with Crippen molar-refractivity contribution in [2.45, 2.75) is 26.8 Å². The SMILES string of the molecule is COC(=O)C(C)(C)CN1CCc2c(N)cccc2C1.